The van der Waals surface area contributed by atoms with Crippen LogP contribution in [-0.4, -0.2) is 31.6 Å². The first-order chi connectivity index (χ1) is 10.2. The number of benzene rings is 1. The Kier molecular flexibility index (Phi) is 3.28. The van der Waals surface area contributed by atoms with Gasteiger partial charge in [0.2, 0.25) is 0 Å². The Morgan fingerprint density at radius 2 is 2.24 bits per heavy atom. The van der Waals surface area contributed by atoms with Crippen LogP contribution in [0.1, 0.15) is 5.82 Å². The molecule has 8 heteroatoms. The molecule has 0 aliphatic heterocycles. The molecule has 0 aliphatic carbocycles. The highest BCUT2D eigenvalue weighted by Gasteiger charge is 2.12. The number of nitro benzene ring substituents is 1. The van der Waals surface area contributed by atoms with Crippen LogP contribution < -0.4 is 0 Å². The monoisotopic (exact) mass is 285 g/mol. The van der Waals surface area contributed by atoms with Gasteiger partial charge in [0.1, 0.15) is 6.61 Å². The van der Waals surface area contributed by atoms with Gasteiger partial charge < -0.3 is 4.74 Å². The van der Waals surface area contributed by atoms with Gasteiger partial charge in [-0.2, -0.15) is 9.50 Å². The Labute approximate surface area is 119 Å². The van der Waals surface area contributed by atoms with Gasteiger partial charge in [0.15, 0.2) is 5.82 Å². The van der Waals surface area contributed by atoms with E-state index in [2.05, 4.69) is 15.1 Å². The molecule has 8 nitrogen and oxygen atoms in total. The molecule has 1 aromatic carbocycles. The van der Waals surface area contributed by atoms with Crippen LogP contribution in [0, 0.1) is 10.1 Å². The van der Waals surface area contributed by atoms with Crippen molar-refractivity contribution in [2.45, 2.75) is 6.61 Å². The van der Waals surface area contributed by atoms with E-state index in [-0.39, 0.29) is 12.3 Å². The Balaban J connectivity index is 2.15. The van der Waals surface area contributed by atoms with Gasteiger partial charge in [0, 0.05) is 31.0 Å². The maximum atomic E-state index is 10.9. The van der Waals surface area contributed by atoms with Gasteiger partial charge in [0.05, 0.1) is 10.6 Å². The zero-order chi connectivity index (χ0) is 14.8. The minimum absolute atomic E-state index is 0.0229. The third-order valence-corrected chi connectivity index (χ3v) is 2.91. The van der Waals surface area contributed by atoms with E-state index in [1.807, 2.05) is 0 Å². The molecule has 106 valence electrons. The molecule has 0 saturated heterocycles. The summed E-state index contributed by atoms with van der Waals surface area (Å²) in [4.78, 5) is 18.8. The van der Waals surface area contributed by atoms with Crippen LogP contribution in [-0.2, 0) is 11.3 Å². The van der Waals surface area contributed by atoms with Crippen LogP contribution in [0.2, 0.25) is 0 Å². The van der Waals surface area contributed by atoms with E-state index in [4.69, 9.17) is 4.74 Å². The van der Waals surface area contributed by atoms with Crippen LogP contribution >= 0.6 is 0 Å². The summed E-state index contributed by atoms with van der Waals surface area (Å²) < 4.78 is 6.55. The number of ether oxygens (including phenoxy) is 1. The van der Waals surface area contributed by atoms with Crippen molar-refractivity contribution in [3.05, 3.63) is 52.5 Å². The molecule has 0 spiro atoms. The predicted octanol–water partition coefficient (Wildman–Crippen LogP) is 1.85. The van der Waals surface area contributed by atoms with Gasteiger partial charge in [0.25, 0.3) is 11.5 Å². The number of rotatable bonds is 4. The molecular weight excluding hydrogens is 274 g/mol. The zero-order valence-corrected chi connectivity index (χ0v) is 11.1. The topological polar surface area (TPSA) is 95.5 Å². The average Bonchev–Trinajstić information content (AvgIpc) is 2.90. The summed E-state index contributed by atoms with van der Waals surface area (Å²) in [7, 11) is 1.56. The number of methoxy groups -OCH3 is 1. The quantitative estimate of drug-likeness (QED) is 0.536. The molecule has 0 amide bonds. The number of hydrogen-bond acceptors (Lipinski definition) is 6. The maximum absolute atomic E-state index is 10.9. The lowest BCUT2D eigenvalue weighted by molar-refractivity contribution is -0.384. The number of hydrogen-bond donors (Lipinski definition) is 0. The van der Waals surface area contributed by atoms with E-state index in [1.54, 1.807) is 36.0 Å². The van der Waals surface area contributed by atoms with Crippen LogP contribution in [0.3, 0.4) is 0 Å². The van der Waals surface area contributed by atoms with Crippen molar-refractivity contribution >= 4 is 11.5 Å². The average molecular weight is 285 g/mol. The van der Waals surface area contributed by atoms with Crippen molar-refractivity contribution in [3.63, 3.8) is 0 Å². The van der Waals surface area contributed by atoms with Crippen molar-refractivity contribution in [2.24, 2.45) is 0 Å². The summed E-state index contributed by atoms with van der Waals surface area (Å²) in [5, 5.41) is 15.2. The minimum atomic E-state index is -0.431. The SMILES string of the molecule is COCc1nc2nccc(-c3cccc([N+](=O)[O-])c3)n2n1. The lowest BCUT2D eigenvalue weighted by Gasteiger charge is -2.03. The third kappa shape index (κ3) is 2.43. The Hall–Kier alpha value is -2.87. The van der Waals surface area contributed by atoms with Crippen LogP contribution in [0.15, 0.2) is 36.5 Å². The van der Waals surface area contributed by atoms with E-state index in [0.717, 1.165) is 0 Å². The second-order valence-corrected chi connectivity index (χ2v) is 4.31. The first kappa shape index (κ1) is 13.1. The van der Waals surface area contributed by atoms with E-state index < -0.39 is 4.92 Å². The fourth-order valence-corrected chi connectivity index (χ4v) is 2.02. The fraction of sp³-hybridized carbons (Fsp3) is 0.154. The third-order valence-electron chi connectivity index (χ3n) is 2.91. The zero-order valence-electron chi connectivity index (χ0n) is 11.1. The van der Waals surface area contributed by atoms with Gasteiger partial charge in [-0.3, -0.25) is 10.1 Å². The lowest BCUT2D eigenvalue weighted by Crippen LogP contribution is -1.97. The molecule has 3 aromatic rings. The number of non-ortho nitro benzene ring substituents is 1. The van der Waals surface area contributed by atoms with E-state index in [1.165, 1.54) is 12.1 Å². The number of nitrogens with zero attached hydrogens (tertiary/aromatic N) is 5. The molecule has 0 atom stereocenters. The lowest BCUT2D eigenvalue weighted by atomic mass is 10.1. The molecule has 2 heterocycles. The Morgan fingerprint density at radius 3 is 3.00 bits per heavy atom. The highest BCUT2D eigenvalue weighted by atomic mass is 16.6. The van der Waals surface area contributed by atoms with Crippen molar-refractivity contribution in [1.82, 2.24) is 19.6 Å². The van der Waals surface area contributed by atoms with Crippen LogP contribution in [0.25, 0.3) is 17.0 Å². The summed E-state index contributed by atoms with van der Waals surface area (Å²) in [6.45, 7) is 0.276. The van der Waals surface area contributed by atoms with Gasteiger partial charge in [-0.15, -0.1) is 5.10 Å². The molecule has 0 unspecified atom stereocenters. The van der Waals surface area contributed by atoms with Crippen LogP contribution in [0.5, 0.6) is 0 Å². The Bertz CT molecular complexity index is 814. The largest absolute Gasteiger partial charge is 0.377 e. The normalized spacial score (nSPS) is 10.9. The summed E-state index contributed by atoms with van der Waals surface area (Å²) in [5.41, 5.74) is 1.37. The molecule has 0 fully saturated rings. The fourth-order valence-electron chi connectivity index (χ4n) is 2.02. The smallest absolute Gasteiger partial charge is 0.270 e. The van der Waals surface area contributed by atoms with Gasteiger partial charge in [-0.05, 0) is 6.07 Å². The highest BCUT2D eigenvalue weighted by Crippen LogP contribution is 2.23. The second-order valence-electron chi connectivity index (χ2n) is 4.31. The summed E-state index contributed by atoms with van der Waals surface area (Å²) in [6.07, 6.45) is 1.59. The van der Waals surface area contributed by atoms with E-state index >= 15 is 0 Å². The Morgan fingerprint density at radius 1 is 1.38 bits per heavy atom. The first-order valence-corrected chi connectivity index (χ1v) is 6.13. The number of aromatic nitrogens is 4. The first-order valence-electron chi connectivity index (χ1n) is 6.13. The highest BCUT2D eigenvalue weighted by molar-refractivity contribution is 5.64. The molecule has 0 bridgehead atoms. The van der Waals surface area contributed by atoms with Gasteiger partial charge in [-0.25, -0.2) is 4.98 Å². The summed E-state index contributed by atoms with van der Waals surface area (Å²) >= 11 is 0. The molecule has 2 aromatic heterocycles. The summed E-state index contributed by atoms with van der Waals surface area (Å²) in [6, 6.07) is 8.08. The molecule has 21 heavy (non-hydrogen) atoms. The maximum Gasteiger partial charge on any atom is 0.270 e. The molecule has 3 rings (SSSR count). The number of nitro groups is 1. The molecular formula is C13H11N5O3. The van der Waals surface area contributed by atoms with Crippen molar-refractivity contribution in [1.29, 1.82) is 0 Å². The number of fused-ring (bicyclic) bond motifs is 1. The van der Waals surface area contributed by atoms with E-state index in [9.17, 15) is 10.1 Å². The minimum Gasteiger partial charge on any atom is -0.377 e. The molecule has 0 saturated carbocycles. The van der Waals surface area contributed by atoms with Crippen LogP contribution in [0.4, 0.5) is 5.69 Å². The molecule has 0 radical (unpaired) electrons. The molecule has 0 N–H and O–H groups in total. The molecule has 0 aliphatic rings. The van der Waals surface area contributed by atoms with Crippen molar-refractivity contribution < 1.29 is 9.66 Å². The van der Waals surface area contributed by atoms with Gasteiger partial charge in [-0.1, -0.05) is 12.1 Å². The summed E-state index contributed by atoms with van der Waals surface area (Å²) in [5.74, 6) is 0.925. The van der Waals surface area contributed by atoms with Gasteiger partial charge >= 0.3 is 0 Å². The van der Waals surface area contributed by atoms with Crippen molar-refractivity contribution in [3.8, 4) is 11.3 Å². The second kappa shape index (κ2) is 5.25. The van der Waals surface area contributed by atoms with Crippen molar-refractivity contribution in [2.75, 3.05) is 7.11 Å². The van der Waals surface area contributed by atoms with E-state index in [0.29, 0.717) is 22.9 Å². The standard InChI is InChI=1S/C13H11N5O3/c1-21-8-12-15-13-14-6-5-11(17(13)16-12)9-3-2-4-10(7-9)18(19)20/h2-7H,8H2,1H3. The predicted molar refractivity (Wildman–Crippen MR) is 73.6 cm³/mol.